The van der Waals surface area contributed by atoms with Crippen LogP contribution in [0.1, 0.15) is 40.0 Å². The maximum Gasteiger partial charge on any atom is 0.0613 e. The van der Waals surface area contributed by atoms with Gasteiger partial charge in [-0.3, -0.25) is 0 Å². The van der Waals surface area contributed by atoms with Gasteiger partial charge in [-0.15, -0.1) is 0 Å². The smallest absolute Gasteiger partial charge is 0.0613 e. The van der Waals surface area contributed by atoms with Gasteiger partial charge >= 0.3 is 0 Å². The molecular formula is C15H24O. The van der Waals surface area contributed by atoms with Crippen molar-refractivity contribution >= 4 is 0 Å². The van der Waals surface area contributed by atoms with E-state index < -0.39 is 0 Å². The van der Waals surface area contributed by atoms with Crippen LogP contribution in [0.5, 0.6) is 0 Å². The number of aliphatic hydroxyl groups is 1. The molecule has 0 saturated heterocycles. The zero-order chi connectivity index (χ0) is 11.7. The zero-order valence-electron chi connectivity index (χ0n) is 10.7. The van der Waals surface area contributed by atoms with Crippen LogP contribution in [0.25, 0.3) is 0 Å². The molecule has 4 rings (SSSR count). The predicted octanol–water partition coefficient (Wildman–Crippen LogP) is 3.24. The van der Waals surface area contributed by atoms with Gasteiger partial charge in [0.2, 0.25) is 0 Å². The Hall–Kier alpha value is -0.300. The molecule has 4 fully saturated rings. The van der Waals surface area contributed by atoms with E-state index in [0.29, 0.717) is 11.3 Å². The van der Waals surface area contributed by atoms with E-state index in [2.05, 4.69) is 27.4 Å². The van der Waals surface area contributed by atoms with Crippen molar-refractivity contribution in [2.45, 2.75) is 46.1 Å². The summed E-state index contributed by atoms with van der Waals surface area (Å²) in [5.41, 5.74) is 1.73. The molecule has 0 spiro atoms. The Kier molecular flexibility index (Phi) is 2.12. The lowest BCUT2D eigenvalue weighted by Crippen LogP contribution is -2.68. The minimum atomic E-state index is -0.103. The van der Waals surface area contributed by atoms with E-state index in [0.717, 1.165) is 30.1 Å². The summed E-state index contributed by atoms with van der Waals surface area (Å²) in [5, 5.41) is 10.3. The summed E-state index contributed by atoms with van der Waals surface area (Å²) < 4.78 is 0. The number of rotatable bonds is 1. The molecule has 0 aliphatic heterocycles. The quantitative estimate of drug-likeness (QED) is 0.673. The van der Waals surface area contributed by atoms with Crippen LogP contribution in [0.15, 0.2) is 12.2 Å². The Bertz CT molecular complexity index is 332. The monoisotopic (exact) mass is 220 g/mol. The molecule has 4 saturated carbocycles. The minimum absolute atomic E-state index is 0.103. The van der Waals surface area contributed by atoms with Gasteiger partial charge in [-0.05, 0) is 54.3 Å². The van der Waals surface area contributed by atoms with Gasteiger partial charge in [-0.25, -0.2) is 0 Å². The molecule has 0 amide bonds. The van der Waals surface area contributed by atoms with Crippen LogP contribution in [0.3, 0.4) is 0 Å². The lowest BCUT2D eigenvalue weighted by atomic mass is 9.33. The summed E-state index contributed by atoms with van der Waals surface area (Å²) in [6.07, 6.45) is 3.43. The van der Waals surface area contributed by atoms with Crippen molar-refractivity contribution in [2.24, 2.45) is 35.0 Å². The van der Waals surface area contributed by atoms with Gasteiger partial charge in [-0.1, -0.05) is 32.9 Å². The Balaban J connectivity index is 1.96. The first-order valence-corrected chi connectivity index (χ1v) is 6.82. The zero-order valence-corrected chi connectivity index (χ0v) is 10.7. The van der Waals surface area contributed by atoms with E-state index in [1.165, 1.54) is 18.4 Å². The van der Waals surface area contributed by atoms with Crippen LogP contribution >= 0.6 is 0 Å². The molecule has 1 N–H and O–H groups in total. The fraction of sp³-hybridized carbons (Fsp3) is 0.867. The van der Waals surface area contributed by atoms with Gasteiger partial charge in [0.15, 0.2) is 0 Å². The van der Waals surface area contributed by atoms with Crippen LogP contribution in [0.2, 0.25) is 0 Å². The van der Waals surface area contributed by atoms with Gasteiger partial charge in [-0.2, -0.15) is 0 Å². The van der Waals surface area contributed by atoms with Crippen molar-refractivity contribution in [1.29, 1.82) is 0 Å². The van der Waals surface area contributed by atoms with Crippen molar-refractivity contribution in [3.63, 3.8) is 0 Å². The standard InChI is InChI=1S/C15H24O/c1-8(2)10-5-6-15(4)13-9(3)7-11(16)14(15)12(10)13/h8,10-14,16H,3,5-7H2,1-2,4H3/t10-,11-,12?,13?,14+,15?/m1/s1. The van der Waals surface area contributed by atoms with E-state index in [4.69, 9.17) is 0 Å². The van der Waals surface area contributed by atoms with Crippen molar-refractivity contribution in [3.8, 4) is 0 Å². The first kappa shape index (κ1) is 10.8. The predicted molar refractivity (Wildman–Crippen MR) is 65.9 cm³/mol. The largest absolute Gasteiger partial charge is 0.392 e. The first-order chi connectivity index (χ1) is 7.47. The second kappa shape index (κ2) is 3.13. The SMILES string of the molecule is C=C1C[C@@H](O)[C@H]2C3C1C2(C)CC[C@@H]3C(C)C. The highest BCUT2D eigenvalue weighted by Gasteiger charge is 2.68. The van der Waals surface area contributed by atoms with Crippen molar-refractivity contribution < 1.29 is 5.11 Å². The Morgan fingerprint density at radius 1 is 1.44 bits per heavy atom. The third-order valence-electron chi connectivity index (χ3n) is 5.96. The van der Waals surface area contributed by atoms with Gasteiger partial charge < -0.3 is 5.11 Å². The van der Waals surface area contributed by atoms with Crippen LogP contribution in [0, 0.1) is 35.0 Å². The highest BCUT2D eigenvalue weighted by molar-refractivity contribution is 5.28. The van der Waals surface area contributed by atoms with Crippen LogP contribution in [-0.2, 0) is 0 Å². The molecule has 0 aromatic heterocycles. The van der Waals surface area contributed by atoms with E-state index in [1.807, 2.05) is 0 Å². The number of hydrogen-bond acceptors (Lipinski definition) is 1. The number of hydrogen-bond donors (Lipinski definition) is 1. The molecule has 0 radical (unpaired) electrons. The third kappa shape index (κ3) is 1.06. The molecular weight excluding hydrogens is 196 g/mol. The third-order valence-corrected chi connectivity index (χ3v) is 5.96. The summed E-state index contributed by atoms with van der Waals surface area (Å²) in [6, 6.07) is 0. The number of aliphatic hydroxyl groups excluding tert-OH is 1. The molecule has 4 aliphatic carbocycles. The minimum Gasteiger partial charge on any atom is -0.392 e. The van der Waals surface area contributed by atoms with Crippen LogP contribution in [0.4, 0.5) is 0 Å². The molecule has 0 heterocycles. The van der Waals surface area contributed by atoms with Crippen LogP contribution < -0.4 is 0 Å². The molecule has 3 unspecified atom stereocenters. The van der Waals surface area contributed by atoms with Crippen molar-refractivity contribution in [1.82, 2.24) is 0 Å². The van der Waals surface area contributed by atoms with Gasteiger partial charge in [0.25, 0.3) is 0 Å². The van der Waals surface area contributed by atoms with E-state index >= 15 is 0 Å². The van der Waals surface area contributed by atoms with Gasteiger partial charge in [0.05, 0.1) is 6.10 Å². The van der Waals surface area contributed by atoms with Crippen molar-refractivity contribution in [3.05, 3.63) is 12.2 Å². The van der Waals surface area contributed by atoms with E-state index in [9.17, 15) is 5.11 Å². The highest BCUT2D eigenvalue weighted by atomic mass is 16.3. The maximum absolute atomic E-state index is 10.3. The van der Waals surface area contributed by atoms with Crippen LogP contribution in [-0.4, -0.2) is 11.2 Å². The molecule has 4 bridgehead atoms. The highest BCUT2D eigenvalue weighted by Crippen LogP contribution is 2.72. The summed E-state index contributed by atoms with van der Waals surface area (Å²) in [5.74, 6) is 3.63. The normalized spacial score (nSPS) is 55.1. The Morgan fingerprint density at radius 2 is 2.12 bits per heavy atom. The molecule has 4 aliphatic rings. The molecule has 0 aromatic carbocycles. The molecule has 1 heteroatoms. The molecule has 16 heavy (non-hydrogen) atoms. The second-order valence-corrected chi connectivity index (χ2v) is 6.96. The number of fused-ring (bicyclic) bond motifs is 2. The second-order valence-electron chi connectivity index (χ2n) is 6.96. The molecule has 6 atom stereocenters. The summed E-state index contributed by atoms with van der Waals surface area (Å²) in [6.45, 7) is 11.3. The molecule has 1 nitrogen and oxygen atoms in total. The molecule has 90 valence electrons. The summed E-state index contributed by atoms with van der Waals surface area (Å²) in [7, 11) is 0. The van der Waals surface area contributed by atoms with E-state index in [1.54, 1.807) is 0 Å². The first-order valence-electron chi connectivity index (χ1n) is 6.82. The Morgan fingerprint density at radius 3 is 2.69 bits per heavy atom. The lowest BCUT2D eigenvalue weighted by Gasteiger charge is -2.72. The average molecular weight is 220 g/mol. The summed E-state index contributed by atoms with van der Waals surface area (Å²) >= 11 is 0. The fourth-order valence-corrected chi connectivity index (χ4v) is 5.42. The topological polar surface area (TPSA) is 20.2 Å². The fourth-order valence-electron chi connectivity index (χ4n) is 5.42. The molecule has 0 aromatic rings. The maximum atomic E-state index is 10.3. The Labute approximate surface area is 98.9 Å². The van der Waals surface area contributed by atoms with Crippen molar-refractivity contribution in [2.75, 3.05) is 0 Å². The lowest BCUT2D eigenvalue weighted by molar-refractivity contribution is -0.234. The summed E-state index contributed by atoms with van der Waals surface area (Å²) in [4.78, 5) is 0. The van der Waals surface area contributed by atoms with E-state index in [-0.39, 0.29) is 6.10 Å². The van der Waals surface area contributed by atoms with Gasteiger partial charge in [0.1, 0.15) is 0 Å². The average Bonchev–Trinajstić information content (AvgIpc) is 2.15. The van der Waals surface area contributed by atoms with Gasteiger partial charge in [0, 0.05) is 0 Å².